The molecule has 1 aliphatic heterocycles. The summed E-state index contributed by atoms with van der Waals surface area (Å²) in [6.45, 7) is 3.57. The lowest BCUT2D eigenvalue weighted by atomic mass is 10.2. The summed E-state index contributed by atoms with van der Waals surface area (Å²) in [5.41, 5.74) is 0. The number of hydrogen-bond acceptors (Lipinski definition) is 5. The van der Waals surface area contributed by atoms with Crippen molar-refractivity contribution in [2.45, 2.75) is 18.6 Å². The molecule has 0 aromatic rings. The Hall–Kier alpha value is -0.950. The first-order chi connectivity index (χ1) is 7.79. The van der Waals surface area contributed by atoms with Crippen LogP contribution in [0.25, 0.3) is 0 Å². The van der Waals surface area contributed by atoms with Crippen LogP contribution in [0.2, 0.25) is 0 Å². The van der Waals surface area contributed by atoms with Crippen molar-refractivity contribution in [1.82, 2.24) is 9.80 Å². The standard InChI is InChI=1S/C9H14ClN3O3S/c1-9(2)6(14)13(4)7(17-9)11-16-8(15)12(3)5-10/h5H2,1-4H3. The first-order valence-corrected chi connectivity index (χ1v) is 6.18. The van der Waals surface area contributed by atoms with Gasteiger partial charge in [0.25, 0.3) is 0 Å². The second kappa shape index (κ2) is 5.14. The van der Waals surface area contributed by atoms with Gasteiger partial charge in [-0.05, 0) is 19.0 Å². The molecule has 0 bridgehead atoms. The molecule has 0 atom stereocenters. The average Bonchev–Trinajstić information content (AvgIpc) is 2.48. The molecule has 0 aromatic heterocycles. The van der Waals surface area contributed by atoms with Gasteiger partial charge >= 0.3 is 6.09 Å². The molecule has 0 aliphatic carbocycles. The number of carbonyl (C=O) groups excluding carboxylic acids is 2. The van der Waals surface area contributed by atoms with Crippen molar-refractivity contribution in [1.29, 1.82) is 0 Å². The Labute approximate surface area is 109 Å². The second-order valence-electron chi connectivity index (χ2n) is 4.03. The fraction of sp³-hybridized carbons (Fsp3) is 0.667. The number of amidine groups is 1. The number of amides is 2. The molecule has 6 nitrogen and oxygen atoms in total. The summed E-state index contributed by atoms with van der Waals surface area (Å²) in [6, 6.07) is 0.0110. The summed E-state index contributed by atoms with van der Waals surface area (Å²) in [6.07, 6.45) is -0.668. The number of halogens is 1. The van der Waals surface area contributed by atoms with Gasteiger partial charge in [-0.2, -0.15) is 0 Å². The first-order valence-electron chi connectivity index (χ1n) is 4.83. The Kier molecular flexibility index (Phi) is 4.26. The van der Waals surface area contributed by atoms with E-state index < -0.39 is 10.8 Å². The summed E-state index contributed by atoms with van der Waals surface area (Å²) in [4.78, 5) is 30.2. The SMILES string of the molecule is CN(CCl)C(=O)ON=C1SC(C)(C)C(=O)N1C. The van der Waals surface area contributed by atoms with E-state index >= 15 is 0 Å². The minimum atomic E-state index is -0.668. The van der Waals surface area contributed by atoms with Gasteiger partial charge < -0.3 is 0 Å². The topological polar surface area (TPSA) is 62.2 Å². The Balaban J connectivity index is 2.69. The third-order valence-corrected chi connectivity index (χ3v) is 3.72. The van der Waals surface area contributed by atoms with Gasteiger partial charge in [-0.25, -0.2) is 4.79 Å². The van der Waals surface area contributed by atoms with Crippen molar-refractivity contribution in [3.63, 3.8) is 0 Å². The zero-order valence-electron chi connectivity index (χ0n) is 10.1. The Bertz CT molecular complexity index is 372. The third kappa shape index (κ3) is 3.04. The molecular weight excluding hydrogens is 266 g/mol. The fourth-order valence-corrected chi connectivity index (χ4v) is 2.18. The highest BCUT2D eigenvalue weighted by molar-refractivity contribution is 8.16. The highest BCUT2D eigenvalue weighted by Crippen LogP contribution is 2.35. The van der Waals surface area contributed by atoms with Gasteiger partial charge in [0, 0.05) is 14.1 Å². The smallest absolute Gasteiger partial charge is 0.296 e. The third-order valence-electron chi connectivity index (χ3n) is 2.15. The number of rotatable bonds is 2. The van der Waals surface area contributed by atoms with E-state index in [9.17, 15) is 9.59 Å². The molecule has 0 radical (unpaired) electrons. The molecule has 17 heavy (non-hydrogen) atoms. The normalized spacial score (nSPS) is 20.9. The summed E-state index contributed by atoms with van der Waals surface area (Å²) in [7, 11) is 3.07. The van der Waals surface area contributed by atoms with Gasteiger partial charge in [-0.3, -0.25) is 19.4 Å². The lowest BCUT2D eigenvalue weighted by Gasteiger charge is -2.12. The maximum absolute atomic E-state index is 11.7. The molecule has 0 aromatic carbocycles. The monoisotopic (exact) mass is 279 g/mol. The number of carbonyl (C=O) groups is 2. The maximum Gasteiger partial charge on any atom is 0.436 e. The van der Waals surface area contributed by atoms with E-state index in [4.69, 9.17) is 11.6 Å². The molecule has 0 N–H and O–H groups in total. The molecule has 0 unspecified atom stereocenters. The van der Waals surface area contributed by atoms with Crippen LogP contribution in [-0.2, 0) is 9.63 Å². The van der Waals surface area contributed by atoms with Crippen molar-refractivity contribution >= 4 is 40.5 Å². The molecule has 0 saturated carbocycles. The van der Waals surface area contributed by atoms with Crippen molar-refractivity contribution < 1.29 is 14.4 Å². The van der Waals surface area contributed by atoms with E-state index in [1.165, 1.54) is 23.7 Å². The largest absolute Gasteiger partial charge is 0.436 e. The van der Waals surface area contributed by atoms with Crippen molar-refractivity contribution in [3.05, 3.63) is 0 Å². The van der Waals surface area contributed by atoms with Crippen molar-refractivity contribution in [2.24, 2.45) is 5.16 Å². The first kappa shape index (κ1) is 14.1. The van der Waals surface area contributed by atoms with Crippen LogP contribution in [0.5, 0.6) is 0 Å². The Morgan fingerprint density at radius 1 is 1.65 bits per heavy atom. The van der Waals surface area contributed by atoms with E-state index in [-0.39, 0.29) is 11.9 Å². The molecule has 0 spiro atoms. The molecular formula is C9H14ClN3O3S. The van der Waals surface area contributed by atoms with E-state index in [1.807, 2.05) is 0 Å². The van der Waals surface area contributed by atoms with Gasteiger partial charge in [0.2, 0.25) is 11.1 Å². The lowest BCUT2D eigenvalue weighted by molar-refractivity contribution is -0.127. The number of hydrogen-bond donors (Lipinski definition) is 0. The van der Waals surface area contributed by atoms with E-state index in [2.05, 4.69) is 9.99 Å². The zero-order chi connectivity index (χ0) is 13.2. The van der Waals surface area contributed by atoms with Crippen LogP contribution >= 0.6 is 23.4 Å². The fourth-order valence-electron chi connectivity index (χ4n) is 1.11. The quantitative estimate of drug-likeness (QED) is 0.333. The van der Waals surface area contributed by atoms with Crippen molar-refractivity contribution in [3.8, 4) is 0 Å². The minimum absolute atomic E-state index is 0.0110. The molecule has 1 fully saturated rings. The van der Waals surface area contributed by atoms with Crippen LogP contribution in [0.3, 0.4) is 0 Å². The van der Waals surface area contributed by atoms with Crippen LogP contribution in [0.1, 0.15) is 13.8 Å². The lowest BCUT2D eigenvalue weighted by Crippen LogP contribution is -2.33. The van der Waals surface area contributed by atoms with E-state index in [0.29, 0.717) is 5.17 Å². The number of alkyl halides is 1. The van der Waals surface area contributed by atoms with E-state index in [1.54, 1.807) is 20.9 Å². The molecule has 1 saturated heterocycles. The van der Waals surface area contributed by atoms with E-state index in [0.717, 1.165) is 4.90 Å². The molecule has 8 heteroatoms. The number of nitrogens with zero attached hydrogens (tertiary/aromatic N) is 3. The summed E-state index contributed by atoms with van der Waals surface area (Å²) < 4.78 is -0.585. The van der Waals surface area contributed by atoms with Gasteiger partial charge in [0.15, 0.2) is 0 Å². The minimum Gasteiger partial charge on any atom is -0.296 e. The summed E-state index contributed by atoms with van der Waals surface area (Å²) in [5, 5.41) is 4.01. The summed E-state index contributed by atoms with van der Waals surface area (Å²) in [5.74, 6) is -0.0806. The molecule has 96 valence electrons. The van der Waals surface area contributed by atoms with Crippen LogP contribution in [0.15, 0.2) is 5.16 Å². The summed E-state index contributed by atoms with van der Waals surface area (Å²) >= 11 is 6.69. The highest BCUT2D eigenvalue weighted by Gasteiger charge is 2.43. The van der Waals surface area contributed by atoms with Crippen LogP contribution < -0.4 is 0 Å². The van der Waals surface area contributed by atoms with Crippen LogP contribution in [-0.4, -0.2) is 51.8 Å². The van der Waals surface area contributed by atoms with Gasteiger partial charge in [0.05, 0.1) is 10.8 Å². The number of oxime groups is 1. The second-order valence-corrected chi connectivity index (χ2v) is 5.85. The Morgan fingerprint density at radius 2 is 2.24 bits per heavy atom. The Morgan fingerprint density at radius 3 is 2.65 bits per heavy atom. The number of thioether (sulfide) groups is 1. The predicted octanol–water partition coefficient (Wildman–Crippen LogP) is 1.51. The maximum atomic E-state index is 11.7. The van der Waals surface area contributed by atoms with Gasteiger partial charge in [-0.15, -0.1) is 11.6 Å². The predicted molar refractivity (Wildman–Crippen MR) is 66.8 cm³/mol. The molecule has 2 amide bonds. The molecule has 1 rings (SSSR count). The zero-order valence-corrected chi connectivity index (χ0v) is 11.6. The molecule has 1 heterocycles. The molecule has 1 aliphatic rings. The van der Waals surface area contributed by atoms with Crippen LogP contribution in [0.4, 0.5) is 4.79 Å². The van der Waals surface area contributed by atoms with Gasteiger partial charge in [0.1, 0.15) is 0 Å². The van der Waals surface area contributed by atoms with Crippen LogP contribution in [0, 0.1) is 0 Å². The average molecular weight is 280 g/mol. The van der Waals surface area contributed by atoms with Gasteiger partial charge in [-0.1, -0.05) is 11.8 Å². The van der Waals surface area contributed by atoms with Crippen molar-refractivity contribution in [2.75, 3.05) is 20.1 Å². The highest BCUT2D eigenvalue weighted by atomic mass is 35.5.